The first-order chi connectivity index (χ1) is 12.9. The lowest BCUT2D eigenvalue weighted by molar-refractivity contribution is -0.117. The van der Waals surface area contributed by atoms with E-state index in [1.54, 1.807) is 11.8 Å². The Morgan fingerprint density at radius 1 is 1.33 bits per heavy atom. The number of aromatic nitrogens is 3. The zero-order chi connectivity index (χ0) is 19.1. The molecule has 1 atom stereocenters. The van der Waals surface area contributed by atoms with E-state index in [0.717, 1.165) is 18.6 Å². The molecule has 0 saturated carbocycles. The predicted molar refractivity (Wildman–Crippen MR) is 97.2 cm³/mol. The first kappa shape index (κ1) is 17.5. The number of anilines is 2. The summed E-state index contributed by atoms with van der Waals surface area (Å²) in [4.78, 5) is 31.2. The van der Waals surface area contributed by atoms with E-state index in [1.165, 1.54) is 28.0 Å². The molecule has 0 spiro atoms. The summed E-state index contributed by atoms with van der Waals surface area (Å²) < 4.78 is 28.1. The normalized spacial score (nSPS) is 16.9. The van der Waals surface area contributed by atoms with Crippen LogP contribution in [0.25, 0.3) is 4.96 Å². The molecular weight excluding hydrogens is 376 g/mol. The predicted octanol–water partition coefficient (Wildman–Crippen LogP) is 2.35. The van der Waals surface area contributed by atoms with Crippen LogP contribution in [-0.4, -0.2) is 33.1 Å². The summed E-state index contributed by atoms with van der Waals surface area (Å²) in [5.74, 6) is -1.96. The van der Waals surface area contributed by atoms with E-state index in [4.69, 9.17) is 0 Å². The number of nitrogens with zero attached hydrogens (tertiary/aromatic N) is 4. The van der Waals surface area contributed by atoms with Gasteiger partial charge in [-0.25, -0.2) is 13.8 Å². The maximum Gasteiger partial charge on any atom is 0.275 e. The first-order valence-corrected chi connectivity index (χ1v) is 9.14. The zero-order valence-corrected chi connectivity index (χ0v) is 15.1. The van der Waals surface area contributed by atoms with Crippen LogP contribution < -0.4 is 15.8 Å². The third-order valence-electron chi connectivity index (χ3n) is 4.35. The van der Waals surface area contributed by atoms with Crippen LogP contribution in [0.4, 0.5) is 19.6 Å². The summed E-state index contributed by atoms with van der Waals surface area (Å²) in [7, 11) is 0. The molecule has 0 bridgehead atoms. The molecule has 3 aromatic rings. The summed E-state index contributed by atoms with van der Waals surface area (Å²) in [6.45, 7) is 2.31. The molecule has 0 radical (unpaired) electrons. The van der Waals surface area contributed by atoms with Gasteiger partial charge in [-0.1, -0.05) is 11.3 Å². The smallest absolute Gasteiger partial charge is 0.275 e. The van der Waals surface area contributed by atoms with Crippen molar-refractivity contribution >= 4 is 33.0 Å². The Morgan fingerprint density at radius 2 is 2.15 bits per heavy atom. The Labute approximate surface area is 156 Å². The van der Waals surface area contributed by atoms with Gasteiger partial charge in [0.05, 0.1) is 5.69 Å². The Bertz CT molecular complexity index is 1100. The number of benzene rings is 1. The van der Waals surface area contributed by atoms with Crippen molar-refractivity contribution in [2.24, 2.45) is 0 Å². The molecule has 1 aliphatic heterocycles. The number of halogens is 2. The Hall–Kier alpha value is -2.88. The molecule has 27 heavy (non-hydrogen) atoms. The minimum Gasteiger partial charge on any atom is -0.335 e. The van der Waals surface area contributed by atoms with Gasteiger partial charge in [0.2, 0.25) is 16.0 Å². The van der Waals surface area contributed by atoms with Crippen LogP contribution in [0.2, 0.25) is 0 Å². The highest BCUT2D eigenvalue weighted by molar-refractivity contribution is 7.20. The standard InChI is InChI=1S/C17H15F2N5O2S/c1-9-7-14(25)24-16(20-9)27-17(22-24)23-6-2-3-13(23)15(26)21-12-5-4-10(18)8-11(12)19/h4-5,7-8,13H,2-3,6H2,1H3,(H,21,26). The van der Waals surface area contributed by atoms with E-state index in [2.05, 4.69) is 15.4 Å². The number of hydrogen-bond acceptors (Lipinski definition) is 6. The van der Waals surface area contributed by atoms with Crippen LogP contribution in [0, 0.1) is 18.6 Å². The molecule has 1 aromatic carbocycles. The topological polar surface area (TPSA) is 79.6 Å². The van der Waals surface area contributed by atoms with Crippen molar-refractivity contribution in [3.63, 3.8) is 0 Å². The SMILES string of the molecule is Cc1cc(=O)n2nc(N3CCCC3C(=O)Nc3ccc(F)cc3F)sc2n1. The van der Waals surface area contributed by atoms with Crippen LogP contribution in [0.3, 0.4) is 0 Å². The maximum absolute atomic E-state index is 13.8. The quantitative estimate of drug-likeness (QED) is 0.741. The van der Waals surface area contributed by atoms with Gasteiger partial charge in [0.1, 0.15) is 17.7 Å². The molecule has 7 nitrogen and oxygen atoms in total. The molecule has 140 valence electrons. The number of nitrogens with one attached hydrogen (secondary N) is 1. The van der Waals surface area contributed by atoms with Crippen LogP contribution >= 0.6 is 11.3 Å². The Kier molecular flexibility index (Phi) is 4.34. The molecule has 10 heteroatoms. The molecule has 0 aliphatic carbocycles. The monoisotopic (exact) mass is 391 g/mol. The lowest BCUT2D eigenvalue weighted by atomic mass is 10.2. The maximum atomic E-state index is 13.8. The van der Waals surface area contributed by atoms with Crippen LogP contribution in [-0.2, 0) is 4.79 Å². The van der Waals surface area contributed by atoms with Crippen molar-refractivity contribution < 1.29 is 13.6 Å². The molecule has 1 fully saturated rings. The van der Waals surface area contributed by atoms with Crippen LogP contribution in [0.15, 0.2) is 29.1 Å². The lowest BCUT2D eigenvalue weighted by Crippen LogP contribution is -2.40. The summed E-state index contributed by atoms with van der Waals surface area (Å²) >= 11 is 1.22. The number of fused-ring (bicyclic) bond motifs is 1. The number of rotatable bonds is 3. The summed E-state index contributed by atoms with van der Waals surface area (Å²) in [5.41, 5.74) is 0.234. The fraction of sp³-hybridized carbons (Fsp3) is 0.294. The van der Waals surface area contributed by atoms with Gasteiger partial charge in [-0.15, -0.1) is 5.10 Å². The third-order valence-corrected chi connectivity index (χ3v) is 5.30. The second-order valence-electron chi connectivity index (χ2n) is 6.28. The van der Waals surface area contributed by atoms with E-state index in [0.29, 0.717) is 28.8 Å². The van der Waals surface area contributed by atoms with Gasteiger partial charge in [-0.05, 0) is 31.9 Å². The highest BCUT2D eigenvalue weighted by Gasteiger charge is 2.33. The largest absolute Gasteiger partial charge is 0.335 e. The summed E-state index contributed by atoms with van der Waals surface area (Å²) in [5, 5.41) is 7.29. The Balaban J connectivity index is 1.61. The van der Waals surface area contributed by atoms with Crippen molar-refractivity contribution in [1.82, 2.24) is 14.6 Å². The van der Waals surface area contributed by atoms with Crippen molar-refractivity contribution in [2.75, 3.05) is 16.8 Å². The molecule has 1 aliphatic rings. The lowest BCUT2D eigenvalue weighted by Gasteiger charge is -2.22. The van der Waals surface area contributed by atoms with Gasteiger partial charge in [0.25, 0.3) is 5.56 Å². The molecule has 1 saturated heterocycles. The fourth-order valence-electron chi connectivity index (χ4n) is 3.10. The molecule has 4 rings (SSSR count). The van der Waals surface area contributed by atoms with E-state index in [1.807, 2.05) is 0 Å². The second kappa shape index (κ2) is 6.69. The van der Waals surface area contributed by atoms with Crippen molar-refractivity contribution in [3.05, 3.63) is 51.9 Å². The molecular formula is C17H15F2N5O2S. The van der Waals surface area contributed by atoms with Crippen molar-refractivity contribution in [3.8, 4) is 0 Å². The number of amides is 1. The molecule has 2 aromatic heterocycles. The second-order valence-corrected chi connectivity index (χ2v) is 7.21. The van der Waals surface area contributed by atoms with E-state index in [9.17, 15) is 18.4 Å². The molecule has 1 N–H and O–H groups in total. The molecule has 3 heterocycles. The van der Waals surface area contributed by atoms with Crippen molar-refractivity contribution in [1.29, 1.82) is 0 Å². The van der Waals surface area contributed by atoms with E-state index in [-0.39, 0.29) is 11.2 Å². The molecule has 1 amide bonds. The van der Waals surface area contributed by atoms with Gasteiger partial charge in [-0.2, -0.15) is 4.52 Å². The van der Waals surface area contributed by atoms with E-state index < -0.39 is 23.6 Å². The van der Waals surface area contributed by atoms with Crippen molar-refractivity contribution in [2.45, 2.75) is 25.8 Å². The average Bonchev–Trinajstić information content (AvgIpc) is 3.23. The molecule has 1 unspecified atom stereocenters. The average molecular weight is 391 g/mol. The minimum absolute atomic E-state index is 0.0777. The highest BCUT2D eigenvalue weighted by Crippen LogP contribution is 2.30. The van der Waals surface area contributed by atoms with Gasteiger partial charge >= 0.3 is 0 Å². The van der Waals surface area contributed by atoms with Crippen LogP contribution in [0.1, 0.15) is 18.5 Å². The Morgan fingerprint density at radius 3 is 2.93 bits per heavy atom. The third kappa shape index (κ3) is 3.27. The summed E-state index contributed by atoms with van der Waals surface area (Å²) in [6, 6.07) is 3.81. The fourth-order valence-corrected chi connectivity index (χ4v) is 4.13. The first-order valence-electron chi connectivity index (χ1n) is 8.32. The summed E-state index contributed by atoms with van der Waals surface area (Å²) in [6.07, 6.45) is 1.31. The zero-order valence-electron chi connectivity index (χ0n) is 14.3. The minimum atomic E-state index is -0.834. The van der Waals surface area contributed by atoms with Gasteiger partial charge in [-0.3, -0.25) is 9.59 Å². The number of hydrogen-bond donors (Lipinski definition) is 1. The number of carbonyl (C=O) groups is 1. The highest BCUT2D eigenvalue weighted by atomic mass is 32.1. The van der Waals surface area contributed by atoms with Gasteiger partial charge < -0.3 is 10.2 Å². The van der Waals surface area contributed by atoms with Crippen LogP contribution in [0.5, 0.6) is 0 Å². The number of aryl methyl sites for hydroxylation is 1. The number of carbonyl (C=O) groups excluding carboxylic acids is 1. The van der Waals surface area contributed by atoms with E-state index >= 15 is 0 Å². The van der Waals surface area contributed by atoms with Gasteiger partial charge in [0.15, 0.2) is 0 Å². The van der Waals surface area contributed by atoms with Gasteiger partial charge in [0, 0.05) is 24.4 Å².